The molecule has 1 saturated heterocycles. The van der Waals surface area contributed by atoms with Crippen LogP contribution in [0, 0.1) is 6.92 Å². The normalized spacial score (nSPS) is 14.5. The van der Waals surface area contributed by atoms with Gasteiger partial charge in [0.25, 0.3) is 0 Å². The molecule has 1 aliphatic heterocycles. The minimum atomic E-state index is -0.0277. The summed E-state index contributed by atoms with van der Waals surface area (Å²) >= 11 is 12.3. The molecule has 25 heavy (non-hydrogen) atoms. The first-order valence-corrected chi connectivity index (χ1v) is 9.07. The van der Waals surface area contributed by atoms with Crippen LogP contribution in [0.5, 0.6) is 0 Å². The van der Waals surface area contributed by atoms with Crippen molar-refractivity contribution in [3.05, 3.63) is 63.6 Å². The van der Waals surface area contributed by atoms with Crippen molar-refractivity contribution in [3.63, 3.8) is 0 Å². The van der Waals surface area contributed by atoms with E-state index in [9.17, 15) is 4.79 Å². The Bertz CT molecular complexity index is 758. The fourth-order valence-electron chi connectivity index (χ4n) is 2.97. The van der Waals surface area contributed by atoms with Crippen LogP contribution in [-0.2, 0) is 6.54 Å². The molecule has 2 aromatic rings. The van der Waals surface area contributed by atoms with Crippen LogP contribution in [0.15, 0.2) is 42.5 Å². The molecular formula is C19H21Cl2N3O. The van der Waals surface area contributed by atoms with E-state index in [1.54, 1.807) is 12.1 Å². The summed E-state index contributed by atoms with van der Waals surface area (Å²) in [7, 11) is 0. The third-order valence-electron chi connectivity index (χ3n) is 4.51. The first kappa shape index (κ1) is 17.9. The van der Waals surface area contributed by atoms with Crippen molar-refractivity contribution < 1.29 is 4.79 Å². The molecule has 6 heteroatoms. The van der Waals surface area contributed by atoms with E-state index in [1.807, 2.05) is 29.2 Å². The zero-order valence-corrected chi connectivity index (χ0v) is 15.6. The second-order valence-electron chi connectivity index (χ2n) is 6.16. The summed E-state index contributed by atoms with van der Waals surface area (Å²) < 4.78 is 0. The molecule has 1 aliphatic rings. The quantitative estimate of drug-likeness (QED) is 0.863. The number of benzene rings is 2. The van der Waals surface area contributed by atoms with E-state index in [2.05, 4.69) is 23.2 Å². The molecule has 0 aromatic heterocycles. The monoisotopic (exact) mass is 377 g/mol. The van der Waals surface area contributed by atoms with E-state index < -0.39 is 0 Å². The van der Waals surface area contributed by atoms with E-state index in [0.29, 0.717) is 29.7 Å². The number of nitrogens with zero attached hydrogens (tertiary/aromatic N) is 2. The van der Waals surface area contributed by atoms with Gasteiger partial charge in [-0.15, -0.1) is 0 Å². The number of hydrogen-bond donors (Lipinski definition) is 1. The average Bonchev–Trinajstić information content (AvgIpc) is 2.63. The lowest BCUT2D eigenvalue weighted by molar-refractivity contribution is 0.194. The standard InChI is InChI=1S/C19H21Cl2N3O/c1-14-4-2-3-5-15(14)13-22-19(25)24-10-8-23(9-11-24)18-12-16(20)6-7-17(18)21/h2-7,12H,8-11,13H2,1H3,(H,22,25). The van der Waals surface area contributed by atoms with Crippen molar-refractivity contribution in [2.24, 2.45) is 0 Å². The van der Waals surface area contributed by atoms with Crippen molar-refractivity contribution >= 4 is 34.9 Å². The maximum atomic E-state index is 12.4. The highest BCUT2D eigenvalue weighted by Gasteiger charge is 2.22. The molecule has 0 unspecified atom stereocenters. The second kappa shape index (κ2) is 7.98. The smallest absolute Gasteiger partial charge is 0.317 e. The van der Waals surface area contributed by atoms with Crippen LogP contribution >= 0.6 is 23.2 Å². The zero-order valence-electron chi connectivity index (χ0n) is 14.1. The van der Waals surface area contributed by atoms with Crippen molar-refractivity contribution in [1.82, 2.24) is 10.2 Å². The van der Waals surface area contributed by atoms with Crippen molar-refractivity contribution in [1.29, 1.82) is 0 Å². The maximum absolute atomic E-state index is 12.4. The predicted octanol–water partition coefficient (Wildman–Crippen LogP) is 4.33. The molecule has 1 heterocycles. The molecule has 132 valence electrons. The number of hydrogen-bond acceptors (Lipinski definition) is 2. The summed E-state index contributed by atoms with van der Waals surface area (Å²) in [5.74, 6) is 0. The Kier molecular flexibility index (Phi) is 5.71. The van der Waals surface area contributed by atoms with Crippen LogP contribution in [0.1, 0.15) is 11.1 Å². The summed E-state index contributed by atoms with van der Waals surface area (Å²) in [4.78, 5) is 16.4. The van der Waals surface area contributed by atoms with Gasteiger partial charge in [-0.25, -0.2) is 4.79 Å². The molecule has 4 nitrogen and oxygen atoms in total. The molecule has 1 N–H and O–H groups in total. The van der Waals surface area contributed by atoms with Crippen LogP contribution in [-0.4, -0.2) is 37.1 Å². The summed E-state index contributed by atoms with van der Waals surface area (Å²) in [6.45, 7) is 5.38. The van der Waals surface area contributed by atoms with E-state index in [0.717, 1.165) is 24.3 Å². The van der Waals surface area contributed by atoms with Gasteiger partial charge in [-0.2, -0.15) is 0 Å². The third-order valence-corrected chi connectivity index (χ3v) is 5.06. The van der Waals surface area contributed by atoms with Gasteiger partial charge in [-0.3, -0.25) is 0 Å². The molecular weight excluding hydrogens is 357 g/mol. The van der Waals surface area contributed by atoms with Gasteiger partial charge in [-0.05, 0) is 36.2 Å². The Hall–Kier alpha value is -1.91. The molecule has 2 aromatic carbocycles. The number of amides is 2. The average molecular weight is 378 g/mol. The van der Waals surface area contributed by atoms with Gasteiger partial charge in [-0.1, -0.05) is 47.5 Å². The van der Waals surface area contributed by atoms with Crippen molar-refractivity contribution in [3.8, 4) is 0 Å². The highest BCUT2D eigenvalue weighted by atomic mass is 35.5. The first-order valence-electron chi connectivity index (χ1n) is 8.32. The molecule has 0 atom stereocenters. The number of piperazine rings is 1. The summed E-state index contributed by atoms with van der Waals surface area (Å²) in [5, 5.41) is 4.35. The fraction of sp³-hybridized carbons (Fsp3) is 0.316. The first-order chi connectivity index (χ1) is 12.0. The predicted molar refractivity (Wildman–Crippen MR) is 104 cm³/mol. The molecule has 0 spiro atoms. The van der Waals surface area contributed by atoms with Crippen LogP contribution in [0.25, 0.3) is 0 Å². The number of carbonyl (C=O) groups excluding carboxylic acids is 1. The van der Waals surface area contributed by atoms with E-state index >= 15 is 0 Å². The number of anilines is 1. The number of carbonyl (C=O) groups is 1. The number of nitrogens with one attached hydrogen (secondary N) is 1. The highest BCUT2D eigenvalue weighted by Crippen LogP contribution is 2.29. The SMILES string of the molecule is Cc1ccccc1CNC(=O)N1CCN(c2cc(Cl)ccc2Cl)CC1. The number of aryl methyl sites for hydroxylation is 1. The van der Waals surface area contributed by atoms with Crippen molar-refractivity contribution in [2.45, 2.75) is 13.5 Å². The van der Waals surface area contributed by atoms with Gasteiger partial charge in [0.2, 0.25) is 0 Å². The molecule has 0 radical (unpaired) electrons. The lowest BCUT2D eigenvalue weighted by Gasteiger charge is -2.36. The Morgan fingerprint density at radius 2 is 1.80 bits per heavy atom. The van der Waals surface area contributed by atoms with E-state index in [4.69, 9.17) is 23.2 Å². The molecule has 1 fully saturated rings. The van der Waals surface area contributed by atoms with Crippen molar-refractivity contribution in [2.75, 3.05) is 31.1 Å². The highest BCUT2D eigenvalue weighted by molar-refractivity contribution is 6.35. The molecule has 2 amide bonds. The van der Waals surface area contributed by atoms with Gasteiger partial charge in [0.15, 0.2) is 0 Å². The summed E-state index contributed by atoms with van der Waals surface area (Å²) in [5.41, 5.74) is 3.25. The third kappa shape index (κ3) is 4.39. The van der Waals surface area contributed by atoms with Gasteiger partial charge in [0.1, 0.15) is 0 Å². The number of urea groups is 1. The lowest BCUT2D eigenvalue weighted by Crippen LogP contribution is -2.51. The van der Waals surface area contributed by atoms with Crippen LogP contribution in [0.4, 0.5) is 10.5 Å². The molecule has 0 saturated carbocycles. The number of rotatable bonds is 3. The van der Waals surface area contributed by atoms with Crippen LogP contribution < -0.4 is 10.2 Å². The zero-order chi connectivity index (χ0) is 17.8. The number of halogens is 2. The molecule has 0 aliphatic carbocycles. The minimum Gasteiger partial charge on any atom is -0.367 e. The van der Waals surface area contributed by atoms with Crippen LogP contribution in [0.3, 0.4) is 0 Å². The molecule has 0 bridgehead atoms. The van der Waals surface area contributed by atoms with E-state index in [-0.39, 0.29) is 6.03 Å². The minimum absolute atomic E-state index is 0.0277. The Labute approximate surface area is 158 Å². The summed E-state index contributed by atoms with van der Waals surface area (Å²) in [6, 6.07) is 13.5. The lowest BCUT2D eigenvalue weighted by atomic mass is 10.1. The van der Waals surface area contributed by atoms with Crippen LogP contribution in [0.2, 0.25) is 10.0 Å². The van der Waals surface area contributed by atoms with Gasteiger partial charge >= 0.3 is 6.03 Å². The Morgan fingerprint density at radius 3 is 2.52 bits per heavy atom. The van der Waals surface area contributed by atoms with E-state index in [1.165, 1.54) is 5.56 Å². The van der Waals surface area contributed by atoms with Gasteiger partial charge < -0.3 is 15.1 Å². The van der Waals surface area contributed by atoms with Gasteiger partial charge in [0, 0.05) is 37.7 Å². The Balaban J connectivity index is 1.54. The summed E-state index contributed by atoms with van der Waals surface area (Å²) in [6.07, 6.45) is 0. The maximum Gasteiger partial charge on any atom is 0.317 e. The Morgan fingerprint density at radius 1 is 1.08 bits per heavy atom. The topological polar surface area (TPSA) is 35.6 Å². The molecule has 3 rings (SSSR count). The van der Waals surface area contributed by atoms with Gasteiger partial charge in [0.05, 0.1) is 10.7 Å². The fourth-order valence-corrected chi connectivity index (χ4v) is 3.37. The largest absolute Gasteiger partial charge is 0.367 e. The second-order valence-corrected chi connectivity index (χ2v) is 7.00.